The summed E-state index contributed by atoms with van der Waals surface area (Å²) < 4.78 is 40.5. The van der Waals surface area contributed by atoms with Gasteiger partial charge in [-0.2, -0.15) is 17.7 Å². The molecular weight excluding hydrogens is 421 g/mol. The summed E-state index contributed by atoms with van der Waals surface area (Å²) in [7, 11) is 1.58. The number of amides is 1. The highest BCUT2D eigenvalue weighted by Gasteiger charge is 2.30. The normalized spacial score (nSPS) is 11.6. The Labute approximate surface area is 184 Å². The third-order valence-electron chi connectivity index (χ3n) is 5.19. The molecule has 3 nitrogen and oxygen atoms in total. The van der Waals surface area contributed by atoms with E-state index < -0.39 is 11.7 Å². The lowest BCUT2D eigenvalue weighted by Gasteiger charge is -2.18. The van der Waals surface area contributed by atoms with Gasteiger partial charge in [-0.1, -0.05) is 25.5 Å². The summed E-state index contributed by atoms with van der Waals surface area (Å²) in [4.78, 5) is 15.1. The quantitative estimate of drug-likeness (QED) is 0.237. The van der Waals surface area contributed by atoms with Gasteiger partial charge in [-0.3, -0.25) is 4.79 Å². The number of carbonyl (C=O) groups excluding carboxylic acids is 1. The van der Waals surface area contributed by atoms with Crippen molar-refractivity contribution in [1.29, 1.82) is 0 Å². The van der Waals surface area contributed by atoms with Gasteiger partial charge in [-0.15, -0.1) is 11.8 Å². The molecule has 164 valence electrons. The van der Waals surface area contributed by atoms with Crippen LogP contribution in [0.15, 0.2) is 65.7 Å². The highest BCUT2D eigenvalue weighted by atomic mass is 32.2. The standard InChI is InChI=1S/C24H26F3N2OS/c1-3-4-7-15-29-16-14-22(20-8-5-6-9-21(20)29)31-17-23(30)28(2)19-12-10-18(11-13-19)24(25,26)27/h5-6,8-14,16H,3-4,7,15,17H2,1-2H3/q+1. The maximum Gasteiger partial charge on any atom is 0.416 e. The molecule has 0 bridgehead atoms. The van der Waals surface area contributed by atoms with Gasteiger partial charge in [0.05, 0.1) is 16.7 Å². The van der Waals surface area contributed by atoms with Gasteiger partial charge < -0.3 is 4.90 Å². The van der Waals surface area contributed by atoms with Crippen molar-refractivity contribution in [1.82, 2.24) is 0 Å². The molecule has 0 atom stereocenters. The fourth-order valence-electron chi connectivity index (χ4n) is 3.37. The Kier molecular flexibility index (Phi) is 7.59. The molecule has 1 amide bonds. The van der Waals surface area contributed by atoms with Crippen molar-refractivity contribution in [2.45, 2.75) is 43.8 Å². The molecule has 0 saturated heterocycles. The van der Waals surface area contributed by atoms with Crippen LogP contribution >= 0.6 is 11.8 Å². The van der Waals surface area contributed by atoms with Crippen molar-refractivity contribution in [2.24, 2.45) is 0 Å². The molecule has 1 heterocycles. The SMILES string of the molecule is CCCCC[n+]1ccc(SCC(=O)N(C)c2ccc(C(F)(F)F)cc2)c2ccccc21. The predicted molar refractivity (Wildman–Crippen MR) is 119 cm³/mol. The van der Waals surface area contributed by atoms with Gasteiger partial charge in [0.25, 0.3) is 0 Å². The van der Waals surface area contributed by atoms with E-state index in [1.54, 1.807) is 7.05 Å². The van der Waals surface area contributed by atoms with Crippen molar-refractivity contribution in [3.63, 3.8) is 0 Å². The van der Waals surface area contributed by atoms with E-state index in [1.807, 2.05) is 18.2 Å². The van der Waals surface area contributed by atoms with Crippen LogP contribution in [0.5, 0.6) is 0 Å². The van der Waals surface area contributed by atoms with Crippen LogP contribution in [0, 0.1) is 0 Å². The second kappa shape index (κ2) is 10.2. The second-order valence-electron chi connectivity index (χ2n) is 7.38. The van der Waals surface area contributed by atoms with Gasteiger partial charge in [-0.25, -0.2) is 0 Å². The number of aromatic nitrogens is 1. The Balaban J connectivity index is 1.70. The van der Waals surface area contributed by atoms with E-state index in [0.717, 1.165) is 40.9 Å². The van der Waals surface area contributed by atoms with Crippen molar-refractivity contribution < 1.29 is 22.5 Å². The molecule has 1 aromatic heterocycles. The van der Waals surface area contributed by atoms with Gasteiger partial charge in [-0.05, 0) is 36.8 Å². The highest BCUT2D eigenvalue weighted by molar-refractivity contribution is 8.00. The third-order valence-corrected chi connectivity index (χ3v) is 6.25. The Morgan fingerprint density at radius 3 is 2.42 bits per heavy atom. The molecule has 3 aromatic rings. The molecule has 0 unspecified atom stereocenters. The van der Waals surface area contributed by atoms with E-state index in [4.69, 9.17) is 0 Å². The fraction of sp³-hybridized carbons (Fsp3) is 0.333. The first-order valence-corrected chi connectivity index (χ1v) is 11.3. The molecule has 3 rings (SSSR count). The number of anilines is 1. The van der Waals surface area contributed by atoms with Gasteiger partial charge in [0.15, 0.2) is 6.20 Å². The summed E-state index contributed by atoms with van der Waals surface area (Å²) in [5.41, 5.74) is 0.840. The average Bonchev–Trinajstić information content (AvgIpc) is 2.77. The predicted octanol–water partition coefficient (Wildman–Crippen LogP) is 6.09. The number of alkyl halides is 3. The number of hydrogen-bond acceptors (Lipinski definition) is 2. The van der Waals surface area contributed by atoms with Gasteiger partial charge in [0, 0.05) is 36.2 Å². The zero-order chi connectivity index (χ0) is 22.4. The maximum absolute atomic E-state index is 12.7. The highest BCUT2D eigenvalue weighted by Crippen LogP contribution is 2.31. The minimum atomic E-state index is -4.39. The molecule has 7 heteroatoms. The second-order valence-corrected chi connectivity index (χ2v) is 8.40. The molecular formula is C24H26F3N2OS+. The molecule has 0 aliphatic rings. The van der Waals surface area contributed by atoms with Crippen LogP contribution in [0.4, 0.5) is 18.9 Å². The zero-order valence-electron chi connectivity index (χ0n) is 17.7. The summed E-state index contributed by atoms with van der Waals surface area (Å²) in [5, 5.41) is 1.09. The van der Waals surface area contributed by atoms with Crippen LogP contribution < -0.4 is 9.47 Å². The summed E-state index contributed by atoms with van der Waals surface area (Å²) in [6.07, 6.45) is 1.14. The minimum Gasteiger partial charge on any atom is -0.315 e. The Morgan fingerprint density at radius 1 is 1.03 bits per heavy atom. The number of unbranched alkanes of at least 4 members (excludes halogenated alkanes) is 2. The number of carbonyl (C=O) groups is 1. The molecule has 0 fully saturated rings. The Bertz CT molecular complexity index is 1040. The van der Waals surface area contributed by atoms with Crippen LogP contribution in [0.2, 0.25) is 0 Å². The Hall–Kier alpha value is -2.54. The first kappa shape index (κ1) is 23.1. The van der Waals surface area contributed by atoms with Crippen molar-refractivity contribution >= 4 is 34.3 Å². The van der Waals surface area contributed by atoms with E-state index in [-0.39, 0.29) is 11.7 Å². The van der Waals surface area contributed by atoms with Gasteiger partial charge in [0.2, 0.25) is 11.4 Å². The summed E-state index contributed by atoms with van der Waals surface area (Å²) in [5.74, 6) is 0.0231. The van der Waals surface area contributed by atoms with Crippen molar-refractivity contribution in [2.75, 3.05) is 17.7 Å². The number of aryl methyl sites for hydroxylation is 1. The van der Waals surface area contributed by atoms with Crippen LogP contribution in [-0.4, -0.2) is 18.7 Å². The lowest BCUT2D eigenvalue weighted by atomic mass is 10.2. The number of para-hydroxylation sites is 1. The summed E-state index contributed by atoms with van der Waals surface area (Å²) >= 11 is 1.44. The van der Waals surface area contributed by atoms with Crippen molar-refractivity contribution in [3.05, 3.63) is 66.4 Å². The number of pyridine rings is 1. The topological polar surface area (TPSA) is 24.2 Å². The molecule has 31 heavy (non-hydrogen) atoms. The molecule has 0 N–H and O–H groups in total. The van der Waals surface area contributed by atoms with E-state index in [9.17, 15) is 18.0 Å². The number of thioether (sulfide) groups is 1. The maximum atomic E-state index is 12.7. The van der Waals surface area contributed by atoms with Crippen LogP contribution in [0.25, 0.3) is 10.9 Å². The number of hydrogen-bond donors (Lipinski definition) is 0. The van der Waals surface area contributed by atoms with Gasteiger partial charge in [0.1, 0.15) is 6.54 Å². The molecule has 0 aliphatic heterocycles. The largest absolute Gasteiger partial charge is 0.416 e. The number of halogens is 3. The summed E-state index contributed by atoms with van der Waals surface area (Å²) in [6, 6.07) is 14.8. The molecule has 0 radical (unpaired) electrons. The van der Waals surface area contributed by atoms with E-state index in [2.05, 4.69) is 29.8 Å². The first-order valence-electron chi connectivity index (χ1n) is 10.3. The average molecular weight is 448 g/mol. The molecule has 0 saturated carbocycles. The monoisotopic (exact) mass is 447 g/mol. The molecule has 0 spiro atoms. The molecule has 0 aliphatic carbocycles. The number of fused-ring (bicyclic) bond motifs is 1. The Morgan fingerprint density at radius 2 is 1.74 bits per heavy atom. The lowest BCUT2D eigenvalue weighted by molar-refractivity contribution is -0.672. The van der Waals surface area contributed by atoms with E-state index in [1.165, 1.54) is 41.6 Å². The third kappa shape index (κ3) is 5.79. The smallest absolute Gasteiger partial charge is 0.315 e. The van der Waals surface area contributed by atoms with Crippen LogP contribution in [-0.2, 0) is 17.5 Å². The zero-order valence-corrected chi connectivity index (χ0v) is 18.5. The molecule has 2 aromatic carbocycles. The fourth-order valence-corrected chi connectivity index (χ4v) is 4.33. The van der Waals surface area contributed by atoms with E-state index >= 15 is 0 Å². The summed E-state index contributed by atoms with van der Waals surface area (Å²) in [6.45, 7) is 3.14. The van der Waals surface area contributed by atoms with E-state index in [0.29, 0.717) is 5.69 Å². The number of rotatable bonds is 8. The lowest BCUT2D eigenvalue weighted by Crippen LogP contribution is -2.34. The van der Waals surface area contributed by atoms with Crippen LogP contribution in [0.3, 0.4) is 0 Å². The van der Waals surface area contributed by atoms with Crippen LogP contribution in [0.1, 0.15) is 31.7 Å². The first-order chi connectivity index (χ1) is 14.8. The van der Waals surface area contributed by atoms with Gasteiger partial charge >= 0.3 is 6.18 Å². The number of benzene rings is 2. The van der Waals surface area contributed by atoms with Crippen molar-refractivity contribution in [3.8, 4) is 0 Å². The minimum absolute atomic E-state index is 0.173. The number of nitrogens with zero attached hydrogens (tertiary/aromatic N) is 2.